The highest BCUT2D eigenvalue weighted by Gasteiger charge is 2.54. The molecule has 2 aliphatic heterocycles. The van der Waals surface area contributed by atoms with Crippen LogP contribution in [0.25, 0.3) is 22.3 Å². The van der Waals surface area contributed by atoms with E-state index in [4.69, 9.17) is 18.9 Å². The zero-order valence-corrected chi connectivity index (χ0v) is 42.8. The third-order valence-electron chi connectivity index (χ3n) is 14.9. The average molecular weight is 947 g/mol. The normalized spacial score (nSPS) is 17.9. The highest BCUT2D eigenvalue weighted by molar-refractivity contribution is 6.89. The molecule has 2 aliphatic rings. The van der Waals surface area contributed by atoms with Crippen molar-refractivity contribution in [2.75, 3.05) is 28.4 Å². The lowest BCUT2D eigenvalue weighted by Gasteiger charge is -2.43. The van der Waals surface area contributed by atoms with Crippen molar-refractivity contribution in [1.82, 2.24) is 0 Å². The van der Waals surface area contributed by atoms with Crippen LogP contribution < -0.4 is 18.9 Å². The Morgan fingerprint density at radius 3 is 0.914 bits per heavy atom. The van der Waals surface area contributed by atoms with Crippen molar-refractivity contribution >= 4 is 49.4 Å². The molecule has 0 spiro atoms. The number of hydrogen-bond acceptors (Lipinski definition) is 4. The number of para-hydroxylation sites is 4. The van der Waals surface area contributed by atoms with Crippen molar-refractivity contribution < 1.29 is 18.9 Å². The monoisotopic (exact) mass is 946 g/mol. The van der Waals surface area contributed by atoms with Crippen molar-refractivity contribution in [3.63, 3.8) is 0 Å². The van der Waals surface area contributed by atoms with Gasteiger partial charge < -0.3 is 18.9 Å². The minimum atomic E-state index is -1.69. The molecule has 0 amide bonds. The summed E-state index contributed by atoms with van der Waals surface area (Å²) in [5, 5.41) is 1.59. The molecule has 70 heavy (non-hydrogen) atoms. The topological polar surface area (TPSA) is 36.9 Å². The summed E-state index contributed by atoms with van der Waals surface area (Å²) in [6.07, 6.45) is 1.57. The molecule has 0 N–H and O–H groups in total. The fraction of sp³-hybridized carbons (Fsp3) is 0.156. The first-order valence-electron chi connectivity index (χ1n) is 24.1. The molecule has 2 heterocycles. The molecule has 2 unspecified atom stereocenters. The Morgan fingerprint density at radius 1 is 0.314 bits per heavy atom. The maximum atomic E-state index is 6.57. The van der Waals surface area contributed by atoms with Crippen LogP contribution in [-0.2, 0) is 10.1 Å². The quantitative estimate of drug-likeness (QED) is 0.0960. The standard InChI is InChI=1S/C64H58O4Si2/c1-65-53-39-23-19-35-49(53)61-57(45-27-11-7-12-28-45)59(47-31-15-9-16-32-47)63(69(61)5,51-37-21-25-41-55(51)67-3)43-44-64(52-38-22-26-42-56(52)68-4)60(48-33-17-10-18-34-48)58(46-29-13-8-14-30-46)62(70(64)6)50-36-20-24-40-54(50)66-2/h7-42H,43-44H2,1-6H3. The fourth-order valence-corrected chi connectivity index (χ4v) is 18.8. The maximum absolute atomic E-state index is 6.57. The molecule has 0 bridgehead atoms. The van der Waals surface area contributed by atoms with E-state index in [0.717, 1.165) is 47.0 Å². The van der Waals surface area contributed by atoms with Crippen molar-refractivity contribution in [2.45, 2.75) is 36.0 Å². The van der Waals surface area contributed by atoms with Gasteiger partial charge in [0.15, 0.2) is 0 Å². The number of benzene rings is 8. The summed E-state index contributed by atoms with van der Waals surface area (Å²) in [4.78, 5) is 0. The Labute approximate surface area is 416 Å². The minimum absolute atomic E-state index is 0.557. The minimum Gasteiger partial charge on any atom is -0.496 e. The first kappa shape index (κ1) is 46.3. The highest BCUT2D eigenvalue weighted by Crippen LogP contribution is 2.60. The van der Waals surface area contributed by atoms with Crippen molar-refractivity contribution in [1.29, 1.82) is 0 Å². The molecular formula is C64H58O4Si2. The van der Waals surface area contributed by atoms with Gasteiger partial charge in [-0.3, -0.25) is 0 Å². The summed E-state index contributed by atoms with van der Waals surface area (Å²) >= 11 is 0. The second-order valence-electron chi connectivity index (χ2n) is 18.1. The summed E-state index contributed by atoms with van der Waals surface area (Å²) in [6, 6.07) is 79.3. The van der Waals surface area contributed by atoms with E-state index in [1.807, 2.05) is 14.2 Å². The van der Waals surface area contributed by atoms with Gasteiger partial charge in [-0.05, 0) is 92.0 Å². The van der Waals surface area contributed by atoms with Crippen LogP contribution in [0.5, 0.6) is 23.0 Å². The SMILES string of the molecule is COc1ccccc1C1=[Si](C)C(CCC2(c3ccccc3OC)C(c3ccccc3)=C(c3ccccc3)C(c3ccccc3OC)=[Si]2C)(c2ccccc2OC)C(c2ccccc2)=C1c1ccccc1. The van der Waals surface area contributed by atoms with Gasteiger partial charge in [0.25, 0.3) is 0 Å². The predicted molar refractivity (Wildman–Crippen MR) is 295 cm³/mol. The summed E-state index contributed by atoms with van der Waals surface area (Å²) in [7, 11) is 3.88. The van der Waals surface area contributed by atoms with Crippen LogP contribution in [0.15, 0.2) is 218 Å². The second-order valence-corrected chi connectivity index (χ2v) is 23.3. The van der Waals surface area contributed by atoms with E-state index in [1.54, 1.807) is 14.2 Å². The van der Waals surface area contributed by atoms with E-state index >= 15 is 0 Å². The Bertz CT molecular complexity index is 3100. The number of ether oxygens (including phenoxy) is 4. The molecule has 0 aliphatic carbocycles. The number of methoxy groups -OCH3 is 4. The Hall–Kier alpha value is -7.39. The van der Waals surface area contributed by atoms with Crippen LogP contribution >= 0.6 is 0 Å². The third kappa shape index (κ3) is 7.67. The van der Waals surface area contributed by atoms with E-state index in [2.05, 4.69) is 231 Å². The lowest BCUT2D eigenvalue weighted by Crippen LogP contribution is -2.43. The Kier molecular flexibility index (Phi) is 13.2. The average Bonchev–Trinajstić information content (AvgIpc) is 3.85. The van der Waals surface area contributed by atoms with Crippen LogP contribution in [0.1, 0.15) is 57.3 Å². The molecular weight excluding hydrogens is 889 g/mol. The largest absolute Gasteiger partial charge is 0.496 e. The fourth-order valence-electron chi connectivity index (χ4n) is 11.9. The van der Waals surface area contributed by atoms with Crippen molar-refractivity contribution in [2.24, 2.45) is 0 Å². The summed E-state index contributed by atoms with van der Waals surface area (Å²) in [5.74, 6) is 3.52. The van der Waals surface area contributed by atoms with Gasteiger partial charge in [0, 0.05) is 49.1 Å². The molecule has 0 radical (unpaired) electrons. The van der Waals surface area contributed by atoms with Gasteiger partial charge in [-0.1, -0.05) is 207 Å². The maximum Gasteiger partial charge on any atom is 0.126 e. The van der Waals surface area contributed by atoms with Crippen LogP contribution in [0, 0.1) is 0 Å². The van der Waals surface area contributed by atoms with Gasteiger partial charge in [-0.15, -0.1) is 0 Å². The van der Waals surface area contributed by atoms with Gasteiger partial charge in [0.05, 0.1) is 28.4 Å². The van der Waals surface area contributed by atoms with E-state index in [0.29, 0.717) is 0 Å². The molecule has 10 rings (SSSR count). The number of allylic oxidation sites excluding steroid dienone is 4. The molecule has 346 valence electrons. The molecule has 8 aromatic carbocycles. The van der Waals surface area contributed by atoms with Crippen molar-refractivity contribution in [3.8, 4) is 23.0 Å². The van der Waals surface area contributed by atoms with Gasteiger partial charge in [-0.25, -0.2) is 0 Å². The molecule has 2 atom stereocenters. The van der Waals surface area contributed by atoms with Gasteiger partial charge >= 0.3 is 0 Å². The lowest BCUT2D eigenvalue weighted by molar-refractivity contribution is 0.398. The first-order chi connectivity index (χ1) is 34.4. The number of hydrogen-bond donors (Lipinski definition) is 0. The van der Waals surface area contributed by atoms with E-state index in [-0.39, 0.29) is 0 Å². The summed E-state index contributed by atoms with van der Waals surface area (Å²) in [6.45, 7) is 5.10. The second kappa shape index (κ2) is 19.9. The van der Waals surface area contributed by atoms with Gasteiger partial charge in [0.2, 0.25) is 0 Å². The van der Waals surface area contributed by atoms with E-state index in [9.17, 15) is 0 Å². The van der Waals surface area contributed by atoms with Crippen LogP contribution in [0.4, 0.5) is 0 Å². The van der Waals surface area contributed by atoms with Crippen LogP contribution in [0.3, 0.4) is 0 Å². The molecule has 6 heteroatoms. The highest BCUT2D eigenvalue weighted by atomic mass is 28.2. The van der Waals surface area contributed by atoms with E-state index in [1.165, 1.54) is 66.0 Å². The van der Waals surface area contributed by atoms with E-state index < -0.39 is 26.9 Å². The molecule has 4 nitrogen and oxygen atoms in total. The summed E-state index contributed by atoms with van der Waals surface area (Å²) < 4.78 is 25.8. The molecule has 0 aromatic heterocycles. The van der Waals surface area contributed by atoms with Gasteiger partial charge in [0.1, 0.15) is 23.0 Å². The van der Waals surface area contributed by atoms with Gasteiger partial charge in [-0.2, -0.15) is 0 Å². The van der Waals surface area contributed by atoms with Crippen molar-refractivity contribution in [3.05, 3.63) is 263 Å². The Morgan fingerprint density at radius 2 is 0.586 bits per heavy atom. The molecule has 8 aromatic rings. The Balaban J connectivity index is 1.39. The molecule has 0 saturated heterocycles. The first-order valence-corrected chi connectivity index (χ1v) is 28.1. The molecule has 0 fully saturated rings. The predicted octanol–water partition coefficient (Wildman–Crippen LogP) is 13.9. The lowest BCUT2D eigenvalue weighted by atomic mass is 9.72. The zero-order valence-electron chi connectivity index (χ0n) is 40.8. The summed E-state index contributed by atoms with van der Waals surface area (Å²) in [5.41, 5.74) is 14.6. The number of rotatable bonds is 15. The zero-order chi connectivity index (χ0) is 48.2. The smallest absolute Gasteiger partial charge is 0.126 e. The van der Waals surface area contributed by atoms with Crippen LogP contribution in [0.2, 0.25) is 13.1 Å². The van der Waals surface area contributed by atoms with Crippen LogP contribution in [-0.4, -0.2) is 55.6 Å². The third-order valence-corrected chi connectivity index (χ3v) is 21.5. The molecule has 0 saturated carbocycles.